The fourth-order valence-corrected chi connectivity index (χ4v) is 3.07. The maximum atomic E-state index is 11.7. The van der Waals surface area contributed by atoms with Crippen LogP contribution in [0.15, 0.2) is 24.3 Å². The van der Waals surface area contributed by atoms with E-state index in [1.54, 1.807) is 0 Å². The van der Waals surface area contributed by atoms with E-state index in [-0.39, 0.29) is 0 Å². The van der Waals surface area contributed by atoms with Crippen LogP contribution in [-0.2, 0) is 4.74 Å². The van der Waals surface area contributed by atoms with Crippen LogP contribution in [0.1, 0.15) is 22.2 Å². The lowest BCUT2D eigenvalue weighted by Crippen LogP contribution is -2.01. The lowest BCUT2D eigenvalue weighted by molar-refractivity contribution is 0.0607. The van der Waals surface area contributed by atoms with Gasteiger partial charge in [0, 0.05) is 4.88 Å². The van der Waals surface area contributed by atoms with Gasteiger partial charge in [0.15, 0.2) is 0 Å². The molecule has 0 saturated carbocycles. The van der Waals surface area contributed by atoms with Gasteiger partial charge < -0.3 is 15.2 Å². The molecule has 0 bridgehead atoms. The molecule has 0 fully saturated rings. The van der Waals surface area contributed by atoms with Gasteiger partial charge in [0.05, 0.1) is 19.4 Å². The zero-order valence-corrected chi connectivity index (χ0v) is 12.5. The van der Waals surface area contributed by atoms with Gasteiger partial charge in [-0.3, -0.25) is 0 Å². The normalized spacial score (nSPS) is 10.3. The van der Waals surface area contributed by atoms with Gasteiger partial charge in [-0.15, -0.1) is 11.3 Å². The van der Waals surface area contributed by atoms with E-state index in [1.807, 2.05) is 38.1 Å². The highest BCUT2D eigenvalue weighted by Crippen LogP contribution is 2.38. The van der Waals surface area contributed by atoms with Gasteiger partial charge in [0.2, 0.25) is 0 Å². The Morgan fingerprint density at radius 2 is 1.95 bits per heavy atom. The minimum Gasteiger partial charge on any atom is -0.494 e. The van der Waals surface area contributed by atoms with Crippen molar-refractivity contribution in [2.75, 3.05) is 19.5 Å². The number of hydrogen-bond donors (Lipinski definition) is 1. The summed E-state index contributed by atoms with van der Waals surface area (Å²) in [4.78, 5) is 13.1. The first-order valence-electron chi connectivity index (χ1n) is 6.28. The summed E-state index contributed by atoms with van der Waals surface area (Å²) in [6.45, 7) is 4.49. The average molecular weight is 291 g/mol. The van der Waals surface area contributed by atoms with Crippen LogP contribution in [0.5, 0.6) is 5.75 Å². The number of thiophene rings is 1. The fourth-order valence-electron chi connectivity index (χ4n) is 1.92. The fraction of sp³-hybridized carbons (Fsp3) is 0.267. The predicted octanol–water partition coefficient (Wildman–Crippen LogP) is 3.49. The summed E-state index contributed by atoms with van der Waals surface area (Å²) in [7, 11) is 1.35. The number of esters is 1. The molecule has 0 unspecified atom stereocenters. The van der Waals surface area contributed by atoms with Gasteiger partial charge in [-0.1, -0.05) is 0 Å². The molecule has 2 aromatic rings. The third-order valence-electron chi connectivity index (χ3n) is 2.99. The number of rotatable bonds is 4. The molecule has 5 heteroatoms. The highest BCUT2D eigenvalue weighted by Gasteiger charge is 2.19. The second-order valence-electron chi connectivity index (χ2n) is 4.25. The van der Waals surface area contributed by atoms with Gasteiger partial charge in [-0.25, -0.2) is 4.79 Å². The Bertz CT molecular complexity index is 617. The third kappa shape index (κ3) is 2.63. The standard InChI is InChI=1S/C15H17NO3S/c1-4-19-11-7-5-10(6-8-11)13-9(2)12(16)14(20-13)15(17)18-3/h5-8H,4,16H2,1-3H3. The molecule has 0 saturated heterocycles. The maximum absolute atomic E-state index is 11.7. The van der Waals surface area contributed by atoms with Crippen molar-refractivity contribution in [3.8, 4) is 16.2 Å². The van der Waals surface area contributed by atoms with Gasteiger partial charge >= 0.3 is 5.97 Å². The zero-order chi connectivity index (χ0) is 14.7. The molecule has 20 heavy (non-hydrogen) atoms. The van der Waals surface area contributed by atoms with Crippen LogP contribution in [0.4, 0.5) is 5.69 Å². The summed E-state index contributed by atoms with van der Waals surface area (Å²) in [5.74, 6) is 0.430. The number of nitrogen functional groups attached to an aromatic ring is 1. The summed E-state index contributed by atoms with van der Waals surface area (Å²) < 4.78 is 10.2. The summed E-state index contributed by atoms with van der Waals surface area (Å²) >= 11 is 1.35. The number of carbonyl (C=O) groups is 1. The molecule has 0 spiro atoms. The monoisotopic (exact) mass is 291 g/mol. The summed E-state index contributed by atoms with van der Waals surface area (Å²) in [6, 6.07) is 7.74. The van der Waals surface area contributed by atoms with E-state index >= 15 is 0 Å². The molecule has 0 aliphatic rings. The van der Waals surface area contributed by atoms with Crippen molar-refractivity contribution in [1.29, 1.82) is 0 Å². The molecule has 1 aromatic carbocycles. The topological polar surface area (TPSA) is 61.5 Å². The highest BCUT2D eigenvalue weighted by atomic mass is 32.1. The van der Waals surface area contributed by atoms with E-state index in [4.69, 9.17) is 15.2 Å². The summed E-state index contributed by atoms with van der Waals surface area (Å²) in [5.41, 5.74) is 8.39. The molecule has 1 aromatic heterocycles. The molecule has 0 amide bonds. The van der Waals surface area contributed by atoms with Gasteiger partial charge in [-0.05, 0) is 49.2 Å². The second kappa shape index (κ2) is 5.96. The quantitative estimate of drug-likeness (QED) is 0.876. The van der Waals surface area contributed by atoms with Crippen molar-refractivity contribution in [2.45, 2.75) is 13.8 Å². The molecule has 2 rings (SSSR count). The number of benzene rings is 1. The van der Waals surface area contributed by atoms with Crippen LogP contribution in [0.25, 0.3) is 10.4 Å². The Hall–Kier alpha value is -2.01. The van der Waals surface area contributed by atoms with Gasteiger partial charge in [0.1, 0.15) is 10.6 Å². The van der Waals surface area contributed by atoms with Crippen molar-refractivity contribution in [3.05, 3.63) is 34.7 Å². The first kappa shape index (κ1) is 14.4. The minimum atomic E-state index is -0.396. The number of carbonyl (C=O) groups excluding carboxylic acids is 1. The van der Waals surface area contributed by atoms with Crippen LogP contribution in [0.3, 0.4) is 0 Å². The smallest absolute Gasteiger partial charge is 0.350 e. The van der Waals surface area contributed by atoms with Gasteiger partial charge in [-0.2, -0.15) is 0 Å². The van der Waals surface area contributed by atoms with Crippen molar-refractivity contribution in [1.82, 2.24) is 0 Å². The van der Waals surface area contributed by atoms with Crippen molar-refractivity contribution in [3.63, 3.8) is 0 Å². The number of hydrogen-bond acceptors (Lipinski definition) is 5. The summed E-state index contributed by atoms with van der Waals surface area (Å²) in [5, 5.41) is 0. The summed E-state index contributed by atoms with van der Waals surface area (Å²) in [6.07, 6.45) is 0. The van der Waals surface area contributed by atoms with Crippen LogP contribution in [-0.4, -0.2) is 19.7 Å². The van der Waals surface area contributed by atoms with Crippen molar-refractivity contribution >= 4 is 23.0 Å². The van der Waals surface area contributed by atoms with Crippen LogP contribution >= 0.6 is 11.3 Å². The first-order chi connectivity index (χ1) is 9.58. The molecule has 4 nitrogen and oxygen atoms in total. The largest absolute Gasteiger partial charge is 0.494 e. The third-order valence-corrected chi connectivity index (χ3v) is 4.33. The van der Waals surface area contributed by atoms with E-state index in [2.05, 4.69) is 0 Å². The maximum Gasteiger partial charge on any atom is 0.350 e. The first-order valence-corrected chi connectivity index (χ1v) is 7.10. The lowest BCUT2D eigenvalue weighted by Gasteiger charge is -2.04. The molecule has 106 valence electrons. The Morgan fingerprint density at radius 3 is 2.50 bits per heavy atom. The van der Waals surface area contributed by atoms with Crippen LogP contribution < -0.4 is 10.5 Å². The van der Waals surface area contributed by atoms with Crippen LogP contribution in [0.2, 0.25) is 0 Å². The Balaban J connectivity index is 2.40. The average Bonchev–Trinajstić information content (AvgIpc) is 2.76. The molecular formula is C15H17NO3S. The molecule has 0 aliphatic heterocycles. The van der Waals surface area contributed by atoms with E-state index in [9.17, 15) is 4.79 Å². The minimum absolute atomic E-state index is 0.396. The Morgan fingerprint density at radius 1 is 1.30 bits per heavy atom. The number of ether oxygens (including phenoxy) is 2. The SMILES string of the molecule is CCOc1ccc(-c2sc(C(=O)OC)c(N)c2C)cc1. The van der Waals surface area contributed by atoms with Gasteiger partial charge in [0.25, 0.3) is 0 Å². The molecule has 0 radical (unpaired) electrons. The van der Waals surface area contributed by atoms with Crippen molar-refractivity contribution in [2.24, 2.45) is 0 Å². The molecule has 2 N–H and O–H groups in total. The van der Waals surface area contributed by atoms with E-state index in [0.717, 1.165) is 21.8 Å². The van der Waals surface area contributed by atoms with Crippen LogP contribution in [0, 0.1) is 6.92 Å². The molecular weight excluding hydrogens is 274 g/mol. The Labute approximate surface area is 122 Å². The number of methoxy groups -OCH3 is 1. The predicted molar refractivity (Wildman–Crippen MR) is 81.4 cm³/mol. The highest BCUT2D eigenvalue weighted by molar-refractivity contribution is 7.18. The Kier molecular flexibility index (Phi) is 4.29. The van der Waals surface area contributed by atoms with E-state index in [1.165, 1.54) is 18.4 Å². The molecule has 0 atom stereocenters. The van der Waals surface area contributed by atoms with E-state index in [0.29, 0.717) is 17.2 Å². The zero-order valence-electron chi connectivity index (χ0n) is 11.7. The van der Waals surface area contributed by atoms with Crippen molar-refractivity contribution < 1.29 is 14.3 Å². The number of nitrogens with two attached hydrogens (primary N) is 1. The second-order valence-corrected chi connectivity index (χ2v) is 5.27. The van der Waals surface area contributed by atoms with E-state index < -0.39 is 5.97 Å². The molecule has 1 heterocycles. The number of anilines is 1. The molecule has 0 aliphatic carbocycles. The lowest BCUT2D eigenvalue weighted by atomic mass is 10.1.